The summed E-state index contributed by atoms with van der Waals surface area (Å²) in [5.74, 6) is -0.912. The van der Waals surface area contributed by atoms with E-state index in [4.69, 9.17) is 4.74 Å². The van der Waals surface area contributed by atoms with Gasteiger partial charge in [-0.2, -0.15) is 0 Å². The maximum atomic E-state index is 13.0. The largest absolute Gasteiger partial charge is 0.611 e. The lowest BCUT2D eigenvalue weighted by Gasteiger charge is -2.34. The van der Waals surface area contributed by atoms with Crippen LogP contribution in [-0.4, -0.2) is 40.8 Å². The average Bonchev–Trinajstić information content (AvgIpc) is 3.07. The highest BCUT2D eigenvalue weighted by molar-refractivity contribution is 6.00. The minimum absolute atomic E-state index is 0.0383. The summed E-state index contributed by atoms with van der Waals surface area (Å²) in [4.78, 5) is 23.5. The monoisotopic (exact) mass is 411 g/mol. The molecule has 0 unspecified atom stereocenters. The number of nitro groups is 1. The minimum atomic E-state index is -0.719. The van der Waals surface area contributed by atoms with Crippen molar-refractivity contribution in [2.75, 3.05) is 24.0 Å². The summed E-state index contributed by atoms with van der Waals surface area (Å²) in [5.41, 5.74) is 4.48. The molecule has 1 atom stereocenters. The number of fused-ring (bicyclic) bond motifs is 2. The fourth-order valence-electron chi connectivity index (χ4n) is 3.38. The second kappa shape index (κ2) is 7.35. The quantitative estimate of drug-likeness (QED) is 0.433. The van der Waals surface area contributed by atoms with Crippen LogP contribution in [0.4, 0.5) is 17.1 Å². The van der Waals surface area contributed by atoms with Gasteiger partial charge in [-0.25, -0.2) is 15.0 Å². The third-order valence-electron chi connectivity index (χ3n) is 4.80. The molecule has 2 aliphatic heterocycles. The van der Waals surface area contributed by atoms with E-state index in [-0.39, 0.29) is 24.0 Å². The van der Waals surface area contributed by atoms with Gasteiger partial charge in [0.05, 0.1) is 27.8 Å². The van der Waals surface area contributed by atoms with Gasteiger partial charge in [-0.3, -0.25) is 20.3 Å². The zero-order chi connectivity index (χ0) is 21.4. The number of anilines is 2. The Labute approximate surface area is 171 Å². The molecule has 2 aromatic carbocycles. The molecule has 0 radical (unpaired) electrons. The van der Waals surface area contributed by atoms with Crippen LogP contribution in [0.25, 0.3) is 0 Å². The third kappa shape index (κ3) is 3.05. The number of hydrogen-bond donors (Lipinski definition) is 2. The molecule has 0 aromatic heterocycles. The Bertz CT molecular complexity index is 1020. The molecule has 1 amide bonds. The van der Waals surface area contributed by atoms with Gasteiger partial charge in [0.2, 0.25) is 6.29 Å². The lowest BCUT2D eigenvalue weighted by atomic mass is 10.1. The molecule has 11 heteroatoms. The van der Waals surface area contributed by atoms with E-state index in [1.807, 2.05) is 0 Å². The van der Waals surface area contributed by atoms with Crippen molar-refractivity contribution in [2.24, 2.45) is 0 Å². The lowest BCUT2D eigenvalue weighted by molar-refractivity contribution is -0.384. The van der Waals surface area contributed by atoms with Crippen LogP contribution in [0.3, 0.4) is 0 Å². The van der Waals surface area contributed by atoms with Gasteiger partial charge in [0.15, 0.2) is 5.82 Å². The summed E-state index contributed by atoms with van der Waals surface area (Å²) < 4.78 is 5.15. The van der Waals surface area contributed by atoms with E-state index in [0.29, 0.717) is 16.9 Å². The van der Waals surface area contributed by atoms with Crippen molar-refractivity contribution < 1.29 is 19.6 Å². The molecule has 2 aromatic rings. The number of para-hydroxylation sites is 1. The molecule has 2 N–H and O–H groups in total. The Morgan fingerprint density at radius 1 is 1.20 bits per heavy atom. The van der Waals surface area contributed by atoms with Gasteiger partial charge in [0, 0.05) is 19.2 Å². The van der Waals surface area contributed by atoms with Gasteiger partial charge >= 0.3 is 0 Å². The number of benzene rings is 2. The van der Waals surface area contributed by atoms with Gasteiger partial charge in [0.1, 0.15) is 0 Å². The average molecular weight is 411 g/mol. The SMILES string of the molecule is CCOC([O-])=C1NN(c2ccc([N+](=O)[O-])cc2)[C@H]2Nc3ccccc3C(=O)N(C)N12. The summed E-state index contributed by atoms with van der Waals surface area (Å²) in [6, 6.07) is 12.8. The van der Waals surface area contributed by atoms with Crippen molar-refractivity contribution in [3.8, 4) is 0 Å². The van der Waals surface area contributed by atoms with Crippen molar-refractivity contribution in [3.05, 3.63) is 76.0 Å². The first kappa shape index (κ1) is 19.2. The number of non-ortho nitro benzene ring substituents is 1. The lowest BCUT2D eigenvalue weighted by Crippen LogP contribution is -2.51. The van der Waals surface area contributed by atoms with E-state index >= 15 is 0 Å². The molecule has 0 spiro atoms. The highest BCUT2D eigenvalue weighted by Crippen LogP contribution is 2.34. The Balaban J connectivity index is 1.82. The standard InChI is InChI=1S/C19H20N6O5/c1-3-30-18(27)16-21-23(12-8-10-13(11-9-12)25(28)29)19-20-15-7-5-4-6-14(15)17(26)22(2)24(16)19/h4-11,19-21,27H,3H2,1-2H3/p-1/t19-/m1/s1. The van der Waals surface area contributed by atoms with E-state index in [1.54, 1.807) is 55.4 Å². The number of nitrogens with zero attached hydrogens (tertiary/aromatic N) is 4. The molecule has 0 aliphatic carbocycles. The van der Waals surface area contributed by atoms with Gasteiger partial charge in [-0.1, -0.05) is 19.1 Å². The molecule has 4 rings (SSSR count). The number of amides is 1. The van der Waals surface area contributed by atoms with Crippen LogP contribution in [0.2, 0.25) is 0 Å². The highest BCUT2D eigenvalue weighted by Gasteiger charge is 2.43. The second-order valence-corrected chi connectivity index (χ2v) is 6.56. The molecular formula is C19H19N6O5-. The summed E-state index contributed by atoms with van der Waals surface area (Å²) in [7, 11) is 1.55. The minimum Gasteiger partial charge on any atom is -0.611 e. The first-order valence-electron chi connectivity index (χ1n) is 9.19. The Morgan fingerprint density at radius 3 is 2.57 bits per heavy atom. The Morgan fingerprint density at radius 2 is 1.90 bits per heavy atom. The number of ether oxygens (including phenoxy) is 1. The van der Waals surface area contributed by atoms with Crippen molar-refractivity contribution in [1.29, 1.82) is 0 Å². The van der Waals surface area contributed by atoms with E-state index in [0.717, 1.165) is 0 Å². The first-order valence-corrected chi connectivity index (χ1v) is 9.19. The number of nitro benzene ring substituents is 1. The molecular weight excluding hydrogens is 392 g/mol. The summed E-state index contributed by atoms with van der Waals surface area (Å²) in [6.45, 7) is 1.84. The predicted molar refractivity (Wildman–Crippen MR) is 105 cm³/mol. The molecule has 156 valence electrons. The van der Waals surface area contributed by atoms with E-state index in [2.05, 4.69) is 10.7 Å². The zero-order valence-electron chi connectivity index (χ0n) is 16.2. The van der Waals surface area contributed by atoms with Gasteiger partial charge < -0.3 is 15.2 Å². The van der Waals surface area contributed by atoms with Crippen LogP contribution in [0.1, 0.15) is 17.3 Å². The van der Waals surface area contributed by atoms with Crippen molar-refractivity contribution in [3.63, 3.8) is 0 Å². The number of nitrogens with one attached hydrogen (secondary N) is 2. The van der Waals surface area contributed by atoms with Gasteiger partial charge in [0.25, 0.3) is 11.6 Å². The van der Waals surface area contributed by atoms with E-state index in [1.165, 1.54) is 22.2 Å². The van der Waals surface area contributed by atoms with Crippen molar-refractivity contribution in [2.45, 2.75) is 13.2 Å². The fraction of sp³-hybridized carbons (Fsp3) is 0.211. The summed E-state index contributed by atoms with van der Waals surface area (Å²) in [6.07, 6.45) is -0.719. The predicted octanol–water partition coefficient (Wildman–Crippen LogP) is 1.14. The van der Waals surface area contributed by atoms with E-state index < -0.39 is 17.2 Å². The van der Waals surface area contributed by atoms with Crippen molar-refractivity contribution in [1.82, 2.24) is 15.4 Å². The number of carbonyl (C=O) groups is 1. The second-order valence-electron chi connectivity index (χ2n) is 6.56. The van der Waals surface area contributed by atoms with Crippen molar-refractivity contribution >= 4 is 23.0 Å². The van der Waals surface area contributed by atoms with Crippen LogP contribution in [-0.2, 0) is 4.74 Å². The molecule has 2 aliphatic rings. The molecule has 0 saturated carbocycles. The van der Waals surface area contributed by atoms with Crippen LogP contribution in [0.15, 0.2) is 60.3 Å². The maximum absolute atomic E-state index is 13.0. The first-order chi connectivity index (χ1) is 14.4. The number of hydrazine groups is 2. The number of rotatable bonds is 4. The van der Waals surface area contributed by atoms with Crippen LogP contribution in [0.5, 0.6) is 0 Å². The third-order valence-corrected chi connectivity index (χ3v) is 4.80. The normalized spacial score (nSPS) is 19.3. The maximum Gasteiger partial charge on any atom is 0.274 e. The fourth-order valence-corrected chi connectivity index (χ4v) is 3.38. The molecule has 1 saturated heterocycles. The van der Waals surface area contributed by atoms with E-state index in [9.17, 15) is 20.0 Å². The van der Waals surface area contributed by atoms with Gasteiger partial charge in [-0.15, -0.1) is 0 Å². The van der Waals surface area contributed by atoms with Crippen LogP contribution in [0, 0.1) is 10.1 Å². The molecule has 30 heavy (non-hydrogen) atoms. The zero-order valence-corrected chi connectivity index (χ0v) is 16.2. The number of carbonyl (C=O) groups excluding carboxylic acids is 1. The topological polar surface area (TPSA) is 126 Å². The smallest absolute Gasteiger partial charge is 0.274 e. The molecule has 0 bridgehead atoms. The highest BCUT2D eigenvalue weighted by atomic mass is 16.6. The van der Waals surface area contributed by atoms with Gasteiger partial charge in [-0.05, 0) is 30.9 Å². The molecule has 1 fully saturated rings. The van der Waals surface area contributed by atoms with Crippen LogP contribution < -0.4 is 20.9 Å². The summed E-state index contributed by atoms with van der Waals surface area (Å²) >= 11 is 0. The Hall–Kier alpha value is -4.15. The van der Waals surface area contributed by atoms with Crippen LogP contribution >= 0.6 is 0 Å². The summed E-state index contributed by atoms with van der Waals surface area (Å²) in [5, 5.41) is 31.2. The molecule has 2 heterocycles. The number of hydrogen-bond acceptors (Lipinski definition) is 9. The molecule has 11 nitrogen and oxygen atoms in total. The Kier molecular flexibility index (Phi) is 4.70.